The summed E-state index contributed by atoms with van der Waals surface area (Å²) in [5.41, 5.74) is 7.26. The van der Waals surface area contributed by atoms with Crippen LogP contribution in [0.4, 0.5) is 19.1 Å². The monoisotopic (exact) mass is 493 g/mol. The van der Waals surface area contributed by atoms with Crippen molar-refractivity contribution in [2.24, 2.45) is 11.7 Å². The zero-order valence-corrected chi connectivity index (χ0v) is 20.5. The van der Waals surface area contributed by atoms with E-state index < -0.39 is 11.7 Å². The fourth-order valence-electron chi connectivity index (χ4n) is 4.32. The summed E-state index contributed by atoms with van der Waals surface area (Å²) in [6, 6.07) is 3.67. The first kappa shape index (κ1) is 26.7. The van der Waals surface area contributed by atoms with Gasteiger partial charge in [0.15, 0.2) is 0 Å². The SMILES string of the molecule is Cc1cc(OCCCC2CCN(c3ncc(C(F)(F)F)cn3)CC2)cc(C)c1C(=O)NCC(C)N. The molecule has 1 aromatic heterocycles. The van der Waals surface area contributed by atoms with Crippen molar-refractivity contribution in [3.05, 3.63) is 46.8 Å². The maximum Gasteiger partial charge on any atom is 0.419 e. The number of nitrogens with two attached hydrogens (primary N) is 1. The van der Waals surface area contributed by atoms with Crippen LogP contribution in [-0.2, 0) is 6.18 Å². The van der Waals surface area contributed by atoms with Crippen LogP contribution in [0.25, 0.3) is 0 Å². The number of piperidine rings is 1. The number of carbonyl (C=O) groups excluding carboxylic acids is 1. The molecule has 3 N–H and O–H groups in total. The molecule has 2 aromatic rings. The highest BCUT2D eigenvalue weighted by Gasteiger charge is 2.32. The molecule has 3 rings (SSSR count). The number of benzene rings is 1. The lowest BCUT2D eigenvalue weighted by Crippen LogP contribution is -2.35. The van der Waals surface area contributed by atoms with Crippen LogP contribution in [0.3, 0.4) is 0 Å². The van der Waals surface area contributed by atoms with Gasteiger partial charge in [-0.25, -0.2) is 9.97 Å². The minimum atomic E-state index is -4.43. The molecule has 0 saturated carbocycles. The van der Waals surface area contributed by atoms with Crippen LogP contribution in [0.5, 0.6) is 5.75 Å². The number of alkyl halides is 3. The summed E-state index contributed by atoms with van der Waals surface area (Å²) in [5, 5.41) is 2.85. The standard InChI is InChI=1S/C25H34F3N5O2/c1-16-11-21(12-17(2)22(16)23(34)30-13-18(3)29)35-10-4-5-19-6-8-33(9-7-19)24-31-14-20(15-32-24)25(26,27)28/h11-12,14-15,18-19H,4-10,13,29H2,1-3H3,(H,30,34). The van der Waals surface area contributed by atoms with Crippen molar-refractivity contribution in [1.29, 1.82) is 0 Å². The van der Waals surface area contributed by atoms with Crippen LogP contribution in [0.2, 0.25) is 0 Å². The number of anilines is 1. The van der Waals surface area contributed by atoms with E-state index in [1.807, 2.05) is 37.8 Å². The van der Waals surface area contributed by atoms with Gasteiger partial charge < -0.3 is 20.7 Å². The summed E-state index contributed by atoms with van der Waals surface area (Å²) in [6.07, 6.45) is 1.05. The topological polar surface area (TPSA) is 93.4 Å². The Morgan fingerprint density at radius 1 is 1.20 bits per heavy atom. The number of carbonyl (C=O) groups is 1. The van der Waals surface area contributed by atoms with E-state index >= 15 is 0 Å². The van der Waals surface area contributed by atoms with Gasteiger partial charge in [0.2, 0.25) is 5.95 Å². The maximum atomic E-state index is 12.7. The lowest BCUT2D eigenvalue weighted by Gasteiger charge is -2.32. The first-order valence-corrected chi connectivity index (χ1v) is 12.0. The van der Waals surface area contributed by atoms with Crippen LogP contribution in [-0.4, -0.2) is 48.2 Å². The third-order valence-electron chi connectivity index (χ3n) is 6.21. The van der Waals surface area contributed by atoms with Gasteiger partial charge in [-0.2, -0.15) is 13.2 Å². The Hall–Kier alpha value is -2.88. The molecule has 7 nitrogen and oxygen atoms in total. The third kappa shape index (κ3) is 7.55. The number of hydrogen-bond donors (Lipinski definition) is 2. The zero-order valence-electron chi connectivity index (χ0n) is 20.5. The van der Waals surface area contributed by atoms with Gasteiger partial charge in [-0.3, -0.25) is 4.79 Å². The summed E-state index contributed by atoms with van der Waals surface area (Å²) in [6.45, 7) is 8.09. The average Bonchev–Trinajstić information content (AvgIpc) is 2.80. The van der Waals surface area contributed by atoms with E-state index in [4.69, 9.17) is 10.5 Å². The Morgan fingerprint density at radius 2 is 1.80 bits per heavy atom. The van der Waals surface area contributed by atoms with Gasteiger partial charge >= 0.3 is 6.18 Å². The number of rotatable bonds is 9. The lowest BCUT2D eigenvalue weighted by molar-refractivity contribution is -0.138. The van der Waals surface area contributed by atoms with Crippen molar-refractivity contribution >= 4 is 11.9 Å². The largest absolute Gasteiger partial charge is 0.494 e. The van der Waals surface area contributed by atoms with Gasteiger partial charge in [-0.1, -0.05) is 0 Å². The highest BCUT2D eigenvalue weighted by molar-refractivity contribution is 5.97. The summed E-state index contributed by atoms with van der Waals surface area (Å²) in [4.78, 5) is 22.2. The summed E-state index contributed by atoms with van der Waals surface area (Å²) < 4.78 is 44.0. The van der Waals surface area contributed by atoms with Crippen molar-refractivity contribution < 1.29 is 22.7 Å². The van der Waals surface area contributed by atoms with Crippen LogP contribution in [0, 0.1) is 19.8 Å². The van der Waals surface area contributed by atoms with Crippen molar-refractivity contribution in [2.75, 3.05) is 31.1 Å². The minimum absolute atomic E-state index is 0.104. The molecule has 1 fully saturated rings. The average molecular weight is 494 g/mol. The molecule has 1 unspecified atom stereocenters. The second-order valence-corrected chi connectivity index (χ2v) is 9.31. The molecular formula is C25H34F3N5O2. The van der Waals surface area contributed by atoms with E-state index in [-0.39, 0.29) is 11.9 Å². The Kier molecular flexibility index (Phi) is 8.93. The van der Waals surface area contributed by atoms with Crippen molar-refractivity contribution in [3.8, 4) is 5.75 Å². The van der Waals surface area contributed by atoms with Gasteiger partial charge in [0.05, 0.1) is 12.2 Å². The summed E-state index contributed by atoms with van der Waals surface area (Å²) >= 11 is 0. The number of aromatic nitrogens is 2. The lowest BCUT2D eigenvalue weighted by atomic mass is 9.92. The molecule has 1 aliphatic rings. The smallest absolute Gasteiger partial charge is 0.419 e. The van der Waals surface area contributed by atoms with Gasteiger partial charge in [-0.05, 0) is 75.6 Å². The van der Waals surface area contributed by atoms with E-state index in [2.05, 4.69) is 15.3 Å². The number of aryl methyl sites for hydroxylation is 2. The molecule has 2 heterocycles. The quantitative estimate of drug-likeness (QED) is 0.507. The molecule has 1 aromatic carbocycles. The molecule has 35 heavy (non-hydrogen) atoms. The molecule has 0 bridgehead atoms. The minimum Gasteiger partial charge on any atom is -0.494 e. The molecule has 0 radical (unpaired) electrons. The van der Waals surface area contributed by atoms with Crippen molar-refractivity contribution in [3.63, 3.8) is 0 Å². The van der Waals surface area contributed by atoms with Gasteiger partial charge in [0, 0.05) is 43.6 Å². The molecule has 1 saturated heterocycles. The molecule has 0 aliphatic carbocycles. The second kappa shape index (κ2) is 11.7. The van der Waals surface area contributed by atoms with E-state index in [0.29, 0.717) is 30.6 Å². The number of ether oxygens (including phenoxy) is 1. The van der Waals surface area contributed by atoms with Crippen LogP contribution in [0.1, 0.15) is 59.7 Å². The van der Waals surface area contributed by atoms with Crippen LogP contribution >= 0.6 is 0 Å². The predicted molar refractivity (Wildman–Crippen MR) is 129 cm³/mol. The first-order chi connectivity index (χ1) is 16.5. The molecule has 1 atom stereocenters. The summed E-state index contributed by atoms with van der Waals surface area (Å²) in [5.74, 6) is 1.50. The molecule has 10 heteroatoms. The molecule has 0 spiro atoms. The number of nitrogens with one attached hydrogen (secondary N) is 1. The van der Waals surface area contributed by atoms with E-state index in [9.17, 15) is 18.0 Å². The first-order valence-electron chi connectivity index (χ1n) is 12.0. The van der Waals surface area contributed by atoms with Crippen LogP contribution in [0.15, 0.2) is 24.5 Å². The molecule has 1 aliphatic heterocycles. The highest BCUT2D eigenvalue weighted by atomic mass is 19.4. The number of nitrogens with zero attached hydrogens (tertiary/aromatic N) is 3. The molecule has 1 amide bonds. The molecule has 192 valence electrons. The maximum absolute atomic E-state index is 12.7. The normalized spacial score (nSPS) is 15.7. The van der Waals surface area contributed by atoms with E-state index in [0.717, 1.165) is 68.0 Å². The van der Waals surface area contributed by atoms with Crippen molar-refractivity contribution in [2.45, 2.75) is 58.7 Å². The Bertz CT molecular complexity index is 965. The zero-order chi connectivity index (χ0) is 25.6. The van der Waals surface area contributed by atoms with Crippen LogP contribution < -0.4 is 20.7 Å². The predicted octanol–water partition coefficient (Wildman–Crippen LogP) is 4.26. The van der Waals surface area contributed by atoms with Gasteiger partial charge in [0.1, 0.15) is 5.75 Å². The number of hydrogen-bond acceptors (Lipinski definition) is 6. The third-order valence-corrected chi connectivity index (χ3v) is 6.21. The molecular weight excluding hydrogens is 459 g/mol. The fourth-order valence-corrected chi connectivity index (χ4v) is 4.32. The van der Waals surface area contributed by atoms with Gasteiger partial charge in [0.25, 0.3) is 5.91 Å². The van der Waals surface area contributed by atoms with Gasteiger partial charge in [-0.15, -0.1) is 0 Å². The van der Waals surface area contributed by atoms with E-state index in [1.165, 1.54) is 0 Å². The second-order valence-electron chi connectivity index (χ2n) is 9.31. The Morgan fingerprint density at radius 3 is 2.34 bits per heavy atom. The summed E-state index contributed by atoms with van der Waals surface area (Å²) in [7, 11) is 0. The number of amides is 1. The van der Waals surface area contributed by atoms with E-state index in [1.54, 1.807) is 0 Å². The Balaban J connectivity index is 1.41. The fraction of sp³-hybridized carbons (Fsp3) is 0.560. The number of halogens is 3. The Labute approximate surface area is 204 Å². The van der Waals surface area contributed by atoms with Crippen molar-refractivity contribution in [1.82, 2.24) is 15.3 Å². The highest BCUT2D eigenvalue weighted by Crippen LogP contribution is 2.29.